The number of halogens is 2. The van der Waals surface area contributed by atoms with E-state index >= 15 is 0 Å². The Morgan fingerprint density at radius 2 is 2.13 bits per heavy atom. The molecule has 2 N–H and O–H groups in total. The number of fused-ring (bicyclic) bond motifs is 1. The fourth-order valence-corrected chi connectivity index (χ4v) is 3.33. The summed E-state index contributed by atoms with van der Waals surface area (Å²) < 4.78 is 33.5. The number of hydrogen-bond donors (Lipinski definition) is 2. The lowest BCUT2D eigenvalue weighted by atomic mass is 9.72. The third-order valence-corrected chi connectivity index (χ3v) is 4.68. The number of carbonyl (C=O) groups is 1. The minimum absolute atomic E-state index is 0.00380. The van der Waals surface area contributed by atoms with E-state index in [9.17, 15) is 18.7 Å². The van der Waals surface area contributed by atoms with Crippen molar-refractivity contribution in [2.75, 3.05) is 13.7 Å². The summed E-state index contributed by atoms with van der Waals surface area (Å²) in [7, 11) is 1.58. The van der Waals surface area contributed by atoms with Gasteiger partial charge in [-0.1, -0.05) is 6.58 Å². The van der Waals surface area contributed by atoms with Gasteiger partial charge >= 0.3 is 0 Å². The number of amides is 1. The molecule has 3 rings (SSSR count). The Labute approximate surface area is 132 Å². The number of aromatic hydroxyl groups is 1. The predicted octanol–water partition coefficient (Wildman–Crippen LogP) is 1.82. The number of hydrogen-bond acceptors (Lipinski definition) is 4. The molecule has 0 saturated carbocycles. The zero-order valence-corrected chi connectivity index (χ0v) is 12.9. The molecule has 124 valence electrons. The Balaban J connectivity index is 2.17. The zero-order chi connectivity index (χ0) is 16.9. The second kappa shape index (κ2) is 5.19. The summed E-state index contributed by atoms with van der Waals surface area (Å²) in [6, 6.07) is 1.62. The highest BCUT2D eigenvalue weighted by molar-refractivity contribution is 5.83. The molecule has 23 heavy (non-hydrogen) atoms. The molecule has 0 unspecified atom stereocenters. The molecule has 2 heterocycles. The van der Waals surface area contributed by atoms with Crippen molar-refractivity contribution in [2.45, 2.75) is 25.0 Å². The smallest absolute Gasteiger partial charge is 0.233 e. The van der Waals surface area contributed by atoms with Crippen LogP contribution in [0.4, 0.5) is 8.78 Å². The van der Waals surface area contributed by atoms with Gasteiger partial charge in [-0.05, 0) is 19.4 Å². The largest absolute Gasteiger partial charge is 0.505 e. The lowest BCUT2D eigenvalue weighted by molar-refractivity contribution is -0.153. The van der Waals surface area contributed by atoms with Crippen LogP contribution < -0.4 is 5.32 Å². The van der Waals surface area contributed by atoms with Gasteiger partial charge in [0, 0.05) is 18.7 Å². The van der Waals surface area contributed by atoms with Crippen LogP contribution >= 0.6 is 0 Å². The summed E-state index contributed by atoms with van der Waals surface area (Å²) in [6.07, 6.45) is 0.205. The average molecular weight is 324 g/mol. The minimum atomic E-state index is -1.22. The van der Waals surface area contributed by atoms with E-state index < -0.39 is 28.8 Å². The number of phenolic OH excluding ortho intramolecular Hbond substituents is 1. The van der Waals surface area contributed by atoms with Gasteiger partial charge in [0.2, 0.25) is 5.91 Å². The first-order valence-electron chi connectivity index (χ1n) is 7.31. The molecule has 0 aliphatic carbocycles. The Hall–Kier alpha value is -2.15. The van der Waals surface area contributed by atoms with E-state index in [2.05, 4.69) is 11.9 Å². The molecule has 0 radical (unpaired) electrons. The maximum Gasteiger partial charge on any atom is 0.233 e. The molecule has 7 heteroatoms. The predicted molar refractivity (Wildman–Crippen MR) is 78.3 cm³/mol. The fourth-order valence-electron chi connectivity index (χ4n) is 3.33. The highest BCUT2D eigenvalue weighted by atomic mass is 19.1. The quantitative estimate of drug-likeness (QED) is 0.827. The standard InChI is InChI=1S/C16H18F2N2O3/c1-8-4-11-15(22)20(3)9(2)19-16(11,7-23-8)10-5-14(21)13(18)6-12(10)17/h5-6,8,11,19,21H,2,4,7H2,1,3H3/t8-,11-,16+/m0/s1. The van der Waals surface area contributed by atoms with Crippen LogP contribution in [-0.2, 0) is 15.1 Å². The van der Waals surface area contributed by atoms with Gasteiger partial charge in [-0.2, -0.15) is 0 Å². The number of ether oxygens (including phenoxy) is 1. The van der Waals surface area contributed by atoms with Gasteiger partial charge in [0.25, 0.3) is 0 Å². The van der Waals surface area contributed by atoms with E-state index in [1.54, 1.807) is 7.05 Å². The molecular formula is C16H18F2N2O3. The summed E-state index contributed by atoms with van der Waals surface area (Å²) in [5, 5.41) is 12.7. The third-order valence-electron chi connectivity index (χ3n) is 4.68. The monoisotopic (exact) mass is 324 g/mol. The SMILES string of the molecule is C=C1N[C@@]2(c3cc(O)c(F)cc3F)CO[C@@H](C)C[C@H]2C(=O)N1C. The summed E-state index contributed by atoms with van der Waals surface area (Å²) in [6.45, 7) is 5.62. The first kappa shape index (κ1) is 15.7. The van der Waals surface area contributed by atoms with Crippen LogP contribution in [0.25, 0.3) is 0 Å². The molecule has 2 saturated heterocycles. The highest BCUT2D eigenvalue weighted by Crippen LogP contribution is 2.44. The molecule has 1 aromatic rings. The van der Waals surface area contributed by atoms with Gasteiger partial charge < -0.3 is 20.1 Å². The van der Waals surface area contributed by atoms with Gasteiger partial charge in [-0.25, -0.2) is 8.78 Å². The van der Waals surface area contributed by atoms with Gasteiger partial charge in [-0.3, -0.25) is 4.79 Å². The van der Waals surface area contributed by atoms with E-state index in [-0.39, 0.29) is 24.2 Å². The number of carbonyl (C=O) groups excluding carboxylic acids is 1. The van der Waals surface area contributed by atoms with Crippen molar-refractivity contribution in [1.29, 1.82) is 0 Å². The third kappa shape index (κ3) is 2.26. The molecule has 2 fully saturated rings. The first-order chi connectivity index (χ1) is 10.8. The number of nitrogens with one attached hydrogen (secondary N) is 1. The van der Waals surface area contributed by atoms with Crippen molar-refractivity contribution in [2.24, 2.45) is 5.92 Å². The van der Waals surface area contributed by atoms with Crippen molar-refractivity contribution in [3.05, 3.63) is 41.7 Å². The fraction of sp³-hybridized carbons (Fsp3) is 0.438. The molecular weight excluding hydrogens is 306 g/mol. The second-order valence-electron chi connectivity index (χ2n) is 6.13. The maximum absolute atomic E-state index is 14.4. The van der Waals surface area contributed by atoms with Crippen molar-refractivity contribution >= 4 is 5.91 Å². The van der Waals surface area contributed by atoms with Crippen LogP contribution in [0.2, 0.25) is 0 Å². The second-order valence-corrected chi connectivity index (χ2v) is 6.13. The zero-order valence-electron chi connectivity index (χ0n) is 12.9. The van der Waals surface area contributed by atoms with E-state index in [4.69, 9.17) is 4.74 Å². The van der Waals surface area contributed by atoms with Gasteiger partial charge in [0.15, 0.2) is 11.6 Å². The molecule has 0 bridgehead atoms. The van der Waals surface area contributed by atoms with Crippen molar-refractivity contribution in [3.8, 4) is 5.75 Å². The van der Waals surface area contributed by atoms with E-state index in [1.165, 1.54) is 4.90 Å². The van der Waals surface area contributed by atoms with Gasteiger partial charge in [0.05, 0.1) is 18.6 Å². The van der Waals surface area contributed by atoms with Crippen molar-refractivity contribution in [3.63, 3.8) is 0 Å². The van der Waals surface area contributed by atoms with Crippen molar-refractivity contribution in [1.82, 2.24) is 10.2 Å². The molecule has 3 atom stereocenters. The van der Waals surface area contributed by atoms with Crippen LogP contribution in [0.15, 0.2) is 24.5 Å². The van der Waals surface area contributed by atoms with Gasteiger partial charge in [-0.15, -0.1) is 0 Å². The molecule has 0 aromatic heterocycles. The lowest BCUT2D eigenvalue weighted by Crippen LogP contribution is -2.65. The molecule has 2 aliphatic heterocycles. The Morgan fingerprint density at radius 1 is 1.43 bits per heavy atom. The Kier molecular flexibility index (Phi) is 3.55. The maximum atomic E-state index is 14.4. The molecule has 5 nitrogen and oxygen atoms in total. The normalized spacial score (nSPS) is 30.9. The summed E-state index contributed by atoms with van der Waals surface area (Å²) in [5.41, 5.74) is -1.22. The number of nitrogens with zero attached hydrogens (tertiary/aromatic N) is 1. The topological polar surface area (TPSA) is 61.8 Å². The van der Waals surface area contributed by atoms with Crippen LogP contribution in [0.1, 0.15) is 18.9 Å². The number of phenols is 1. The molecule has 0 spiro atoms. The first-order valence-corrected chi connectivity index (χ1v) is 7.31. The number of rotatable bonds is 1. The van der Waals surface area contributed by atoms with E-state index in [1.807, 2.05) is 6.92 Å². The van der Waals surface area contributed by atoms with Crippen LogP contribution in [0, 0.1) is 17.6 Å². The summed E-state index contributed by atoms with van der Waals surface area (Å²) in [4.78, 5) is 14.0. The average Bonchev–Trinajstić information content (AvgIpc) is 2.50. The Bertz CT molecular complexity index is 694. The van der Waals surface area contributed by atoms with Crippen LogP contribution in [0.5, 0.6) is 5.75 Å². The lowest BCUT2D eigenvalue weighted by Gasteiger charge is -2.51. The van der Waals surface area contributed by atoms with Crippen LogP contribution in [0.3, 0.4) is 0 Å². The Morgan fingerprint density at radius 3 is 2.83 bits per heavy atom. The minimum Gasteiger partial charge on any atom is -0.505 e. The summed E-state index contributed by atoms with van der Waals surface area (Å²) in [5.74, 6) is -3.10. The van der Waals surface area contributed by atoms with Gasteiger partial charge in [0.1, 0.15) is 17.2 Å². The van der Waals surface area contributed by atoms with Crippen molar-refractivity contribution < 1.29 is 23.4 Å². The van der Waals surface area contributed by atoms with E-state index in [0.717, 1.165) is 6.07 Å². The van der Waals surface area contributed by atoms with E-state index in [0.29, 0.717) is 18.3 Å². The molecule has 1 aromatic carbocycles. The molecule has 2 aliphatic rings. The highest BCUT2D eigenvalue weighted by Gasteiger charge is 2.54. The summed E-state index contributed by atoms with van der Waals surface area (Å²) >= 11 is 0. The molecule has 1 amide bonds. The number of benzene rings is 1. The van der Waals surface area contributed by atoms with Crippen LogP contribution in [-0.4, -0.2) is 35.7 Å².